The summed E-state index contributed by atoms with van der Waals surface area (Å²) >= 11 is 1.54. The zero-order valence-corrected chi connectivity index (χ0v) is 12.3. The summed E-state index contributed by atoms with van der Waals surface area (Å²) in [6.07, 6.45) is 0.884. The Bertz CT molecular complexity index is 721. The molecule has 1 N–H and O–H groups in total. The van der Waals surface area contributed by atoms with Crippen LogP contribution >= 0.6 is 11.3 Å². The third kappa shape index (κ3) is 3.28. The summed E-state index contributed by atoms with van der Waals surface area (Å²) in [6, 6.07) is 10.0. The molecule has 2 heterocycles. The molecule has 1 aromatic carbocycles. The summed E-state index contributed by atoms with van der Waals surface area (Å²) in [5.41, 5.74) is 0.854. The van der Waals surface area contributed by atoms with Crippen molar-refractivity contribution < 1.29 is 8.81 Å². The second kappa shape index (κ2) is 6.05. The van der Waals surface area contributed by atoms with Gasteiger partial charge in [-0.05, 0) is 42.8 Å². The summed E-state index contributed by atoms with van der Waals surface area (Å²) < 4.78 is 18.6. The van der Waals surface area contributed by atoms with E-state index in [1.54, 1.807) is 23.5 Å². The molecule has 0 fully saturated rings. The third-order valence-electron chi connectivity index (χ3n) is 2.97. The van der Waals surface area contributed by atoms with E-state index in [1.165, 1.54) is 12.1 Å². The minimum Gasteiger partial charge on any atom is -0.459 e. The average Bonchev–Trinajstić information content (AvgIpc) is 3.15. The molecule has 3 aromatic rings. The lowest BCUT2D eigenvalue weighted by molar-refractivity contribution is 0.531. The highest BCUT2D eigenvalue weighted by atomic mass is 32.1. The molecule has 0 aliphatic carbocycles. The van der Waals surface area contributed by atoms with E-state index in [-0.39, 0.29) is 5.82 Å². The maximum absolute atomic E-state index is 12.9. The molecular weight excluding hydrogens is 289 g/mol. The Hall–Kier alpha value is -2.21. The minimum atomic E-state index is -0.254. The van der Waals surface area contributed by atoms with Crippen molar-refractivity contribution in [2.24, 2.45) is 0 Å². The molecule has 0 radical (unpaired) electrons. The maximum atomic E-state index is 12.9. The minimum absolute atomic E-state index is 0.254. The normalized spacial score (nSPS) is 10.8. The summed E-state index contributed by atoms with van der Waals surface area (Å²) in [6.45, 7) is 2.59. The number of anilines is 1. The molecule has 0 unspecified atom stereocenters. The van der Waals surface area contributed by atoms with E-state index in [0.717, 1.165) is 33.6 Å². The van der Waals surface area contributed by atoms with Crippen molar-refractivity contribution in [1.82, 2.24) is 10.2 Å². The van der Waals surface area contributed by atoms with Crippen molar-refractivity contribution in [3.8, 4) is 11.3 Å². The second-order valence-corrected chi connectivity index (χ2v) is 5.54. The molecule has 0 amide bonds. The first kappa shape index (κ1) is 13.8. The molecule has 3 rings (SSSR count). The molecule has 2 aromatic heterocycles. The Morgan fingerprint density at radius 3 is 2.67 bits per heavy atom. The molecule has 0 bridgehead atoms. The number of hydrogen-bond acceptors (Lipinski definition) is 5. The number of nitrogens with zero attached hydrogens (tertiary/aromatic N) is 2. The van der Waals surface area contributed by atoms with Crippen LogP contribution in [0.1, 0.15) is 17.7 Å². The Balaban J connectivity index is 1.66. The predicted octanol–water partition coefficient (Wildman–Crippen LogP) is 4.11. The van der Waals surface area contributed by atoms with Crippen LogP contribution in [-0.4, -0.2) is 10.2 Å². The monoisotopic (exact) mass is 303 g/mol. The molecule has 0 saturated carbocycles. The van der Waals surface area contributed by atoms with Gasteiger partial charge in [0.25, 0.3) is 0 Å². The van der Waals surface area contributed by atoms with Gasteiger partial charge in [0.2, 0.25) is 5.13 Å². The first-order valence-corrected chi connectivity index (χ1v) is 7.47. The van der Waals surface area contributed by atoms with Crippen molar-refractivity contribution in [2.75, 3.05) is 5.32 Å². The van der Waals surface area contributed by atoms with Crippen LogP contribution in [0.4, 0.5) is 9.52 Å². The van der Waals surface area contributed by atoms with E-state index in [1.807, 2.05) is 19.1 Å². The first-order valence-electron chi connectivity index (χ1n) is 6.65. The largest absolute Gasteiger partial charge is 0.459 e. The van der Waals surface area contributed by atoms with Crippen LogP contribution in [0.25, 0.3) is 11.3 Å². The van der Waals surface area contributed by atoms with E-state index >= 15 is 0 Å². The standard InChI is InChI=1S/C15H14FN3OS/c1-2-14-18-19-15(21-14)17-9-12-7-8-13(20-12)10-3-5-11(16)6-4-10/h3-8H,2,9H2,1H3,(H,17,19). The molecule has 0 spiro atoms. The number of rotatable bonds is 5. The van der Waals surface area contributed by atoms with Gasteiger partial charge in [-0.2, -0.15) is 0 Å². The molecule has 6 heteroatoms. The van der Waals surface area contributed by atoms with Crippen molar-refractivity contribution in [3.63, 3.8) is 0 Å². The van der Waals surface area contributed by atoms with Gasteiger partial charge in [0, 0.05) is 5.56 Å². The van der Waals surface area contributed by atoms with E-state index in [4.69, 9.17) is 4.42 Å². The topological polar surface area (TPSA) is 51.0 Å². The Morgan fingerprint density at radius 2 is 1.95 bits per heavy atom. The molecule has 108 valence electrons. The number of aromatic nitrogens is 2. The van der Waals surface area contributed by atoms with Gasteiger partial charge in [-0.1, -0.05) is 18.3 Å². The number of halogens is 1. The van der Waals surface area contributed by atoms with Crippen LogP contribution in [-0.2, 0) is 13.0 Å². The Kier molecular flexibility index (Phi) is 3.96. The van der Waals surface area contributed by atoms with E-state index in [0.29, 0.717) is 6.54 Å². The molecule has 0 saturated heterocycles. The number of hydrogen-bond donors (Lipinski definition) is 1. The molecule has 21 heavy (non-hydrogen) atoms. The quantitative estimate of drug-likeness (QED) is 0.770. The van der Waals surface area contributed by atoms with E-state index in [9.17, 15) is 4.39 Å². The maximum Gasteiger partial charge on any atom is 0.206 e. The van der Waals surface area contributed by atoms with Crippen LogP contribution in [0.3, 0.4) is 0 Å². The van der Waals surface area contributed by atoms with E-state index < -0.39 is 0 Å². The molecule has 0 aliphatic rings. The fourth-order valence-corrected chi connectivity index (χ4v) is 2.55. The van der Waals surface area contributed by atoms with E-state index in [2.05, 4.69) is 15.5 Å². The lowest BCUT2D eigenvalue weighted by Crippen LogP contribution is -1.97. The molecular formula is C15H14FN3OS. The van der Waals surface area contributed by atoms with Gasteiger partial charge in [-0.25, -0.2) is 4.39 Å². The molecule has 4 nitrogen and oxygen atoms in total. The summed E-state index contributed by atoms with van der Waals surface area (Å²) in [7, 11) is 0. The van der Waals surface area contributed by atoms with Gasteiger partial charge in [-0.3, -0.25) is 0 Å². The first-order chi connectivity index (χ1) is 10.2. The number of aryl methyl sites for hydroxylation is 1. The summed E-state index contributed by atoms with van der Waals surface area (Å²) in [4.78, 5) is 0. The van der Waals surface area contributed by atoms with Crippen LogP contribution in [0.15, 0.2) is 40.8 Å². The lowest BCUT2D eigenvalue weighted by atomic mass is 10.2. The number of benzene rings is 1. The number of furan rings is 1. The highest BCUT2D eigenvalue weighted by Crippen LogP contribution is 2.23. The zero-order valence-electron chi connectivity index (χ0n) is 11.5. The second-order valence-electron chi connectivity index (χ2n) is 4.48. The smallest absolute Gasteiger partial charge is 0.206 e. The van der Waals surface area contributed by atoms with Crippen molar-refractivity contribution in [1.29, 1.82) is 0 Å². The Morgan fingerprint density at radius 1 is 1.14 bits per heavy atom. The van der Waals surface area contributed by atoms with Crippen LogP contribution in [0.5, 0.6) is 0 Å². The van der Waals surface area contributed by atoms with Crippen LogP contribution in [0, 0.1) is 5.82 Å². The third-order valence-corrected chi connectivity index (χ3v) is 4.00. The van der Waals surface area contributed by atoms with Gasteiger partial charge in [0.1, 0.15) is 22.3 Å². The SMILES string of the molecule is CCc1nnc(NCc2ccc(-c3ccc(F)cc3)o2)s1. The highest BCUT2D eigenvalue weighted by Gasteiger charge is 2.06. The fraction of sp³-hybridized carbons (Fsp3) is 0.200. The van der Waals surface area contributed by atoms with Gasteiger partial charge >= 0.3 is 0 Å². The fourth-order valence-electron chi connectivity index (χ4n) is 1.87. The van der Waals surface area contributed by atoms with Gasteiger partial charge in [-0.15, -0.1) is 10.2 Å². The molecule has 0 atom stereocenters. The average molecular weight is 303 g/mol. The highest BCUT2D eigenvalue weighted by molar-refractivity contribution is 7.15. The number of nitrogens with one attached hydrogen (secondary N) is 1. The summed E-state index contributed by atoms with van der Waals surface area (Å²) in [5.74, 6) is 1.26. The zero-order chi connectivity index (χ0) is 14.7. The predicted molar refractivity (Wildman–Crippen MR) is 80.7 cm³/mol. The lowest BCUT2D eigenvalue weighted by Gasteiger charge is -1.99. The van der Waals surface area contributed by atoms with Crippen molar-refractivity contribution in [3.05, 3.63) is 53.0 Å². The summed E-state index contributed by atoms with van der Waals surface area (Å²) in [5, 5.41) is 13.1. The van der Waals surface area contributed by atoms with Crippen molar-refractivity contribution in [2.45, 2.75) is 19.9 Å². The van der Waals surface area contributed by atoms with Crippen LogP contribution in [0.2, 0.25) is 0 Å². The Labute approximate surface area is 125 Å². The van der Waals surface area contributed by atoms with Gasteiger partial charge in [0.05, 0.1) is 6.54 Å². The van der Waals surface area contributed by atoms with Gasteiger partial charge in [0.15, 0.2) is 0 Å². The molecule has 0 aliphatic heterocycles. The van der Waals surface area contributed by atoms with Crippen LogP contribution < -0.4 is 5.32 Å². The van der Waals surface area contributed by atoms with Gasteiger partial charge < -0.3 is 9.73 Å². The van der Waals surface area contributed by atoms with Crippen molar-refractivity contribution >= 4 is 16.5 Å².